The number of nitrogens with zero attached hydrogens (tertiary/aromatic N) is 5. The Morgan fingerprint density at radius 3 is 1.37 bits per heavy atom. The highest BCUT2D eigenvalue weighted by Crippen LogP contribution is 2.32. The predicted molar refractivity (Wildman–Crippen MR) is 538 cm³/mol. The molecule has 4 aromatic rings. The van der Waals surface area contributed by atoms with E-state index in [1.54, 1.807) is 152 Å². The van der Waals surface area contributed by atoms with Gasteiger partial charge in [-0.3, -0.25) is 81.8 Å². The number of unbranched alkanes of at least 4 members (excludes halogenated alkanes) is 4. The maximum Gasteiger partial charge on any atom is 0.410 e. The number of rotatable bonds is 58. The number of benzene rings is 4. The minimum atomic E-state index is -1.24. The molecule has 778 valence electrons. The summed E-state index contributed by atoms with van der Waals surface area (Å²) < 4.78 is 18.0. The number of ether oxygens (including phenoxy) is 3. The van der Waals surface area contributed by atoms with Gasteiger partial charge in [-0.25, -0.2) is 14.4 Å². The Bertz CT molecular complexity index is 4920. The van der Waals surface area contributed by atoms with E-state index in [0.29, 0.717) is 86.8 Å². The third-order valence-corrected chi connectivity index (χ3v) is 26.3. The van der Waals surface area contributed by atoms with Crippen LogP contribution < -0.4 is 69.5 Å². The Labute approximate surface area is 834 Å². The normalized spacial score (nSPS) is 16.2. The Morgan fingerprint density at radius 2 is 0.930 bits per heavy atom. The van der Waals surface area contributed by atoms with Crippen LogP contribution in [0.5, 0.6) is 0 Å². The van der Waals surface area contributed by atoms with Crippen LogP contribution in [0.4, 0.5) is 31.4 Å². The minimum Gasteiger partial charge on any atom is -0.445 e. The fourth-order valence-electron chi connectivity index (χ4n) is 17.5. The number of methoxy groups -OCH3 is 2. The van der Waals surface area contributed by atoms with E-state index in [1.165, 1.54) is 43.4 Å². The number of imide groups is 2. The van der Waals surface area contributed by atoms with Crippen molar-refractivity contribution in [2.45, 2.75) is 285 Å². The number of carbonyl (C=O) groups excluding carboxylic acids is 17. The Balaban J connectivity index is 0.947. The van der Waals surface area contributed by atoms with E-state index in [1.807, 2.05) is 58.0 Å². The van der Waals surface area contributed by atoms with E-state index in [0.717, 1.165) is 20.9 Å². The zero-order valence-electron chi connectivity index (χ0n) is 85.5. The highest BCUT2D eigenvalue weighted by Gasteiger charge is 2.45. The quantitative estimate of drug-likeness (QED) is 0.0111. The second-order valence-corrected chi connectivity index (χ2v) is 38.4. The van der Waals surface area contributed by atoms with E-state index in [-0.39, 0.29) is 138 Å². The van der Waals surface area contributed by atoms with Crippen molar-refractivity contribution in [3.05, 3.63) is 150 Å². The van der Waals surface area contributed by atoms with Gasteiger partial charge < -0.3 is 93.5 Å². The largest absolute Gasteiger partial charge is 0.445 e. The molecule has 14 atom stereocenters. The lowest BCUT2D eigenvalue weighted by Crippen LogP contribution is -2.60. The lowest BCUT2D eigenvalue weighted by atomic mass is 9.89. The summed E-state index contributed by atoms with van der Waals surface area (Å²) in [5.41, 5.74) is 10.0. The Hall–Kier alpha value is -13.1. The summed E-state index contributed by atoms with van der Waals surface area (Å²) in [5, 5.41) is 34.1. The molecule has 14 N–H and O–H groups in total. The van der Waals surface area contributed by atoms with Gasteiger partial charge in [0.25, 0.3) is 23.6 Å². The number of amides is 19. The van der Waals surface area contributed by atoms with Crippen molar-refractivity contribution in [2.24, 2.45) is 35.5 Å². The molecule has 142 heavy (non-hydrogen) atoms. The molecule has 0 unspecified atom stereocenters. The summed E-state index contributed by atoms with van der Waals surface area (Å²) in [6, 6.07) is 20.8. The maximum atomic E-state index is 15.0. The summed E-state index contributed by atoms with van der Waals surface area (Å²) >= 11 is 0. The molecule has 0 spiro atoms. The molecule has 4 aromatic carbocycles. The molecule has 3 aliphatic rings. The number of nitrogens with two attached hydrogens (primary N) is 1. The summed E-state index contributed by atoms with van der Waals surface area (Å²) in [4.78, 5) is 237. The smallest absolute Gasteiger partial charge is 0.410 e. The SMILES string of the molecule is CC[C@H](C)[C@@H]([C@@H](CC(=O)N1CCC[C@H]1[C@H](OC)[C@@H](C)C(=O)N[C@H](C)[C@@H](C)c1ccccc1)OC)N(C)C(=O)[C@@H](NC(=O)[C@H](C(C)C)N(C)C(=O)OCc1ccc(NC(=O)[C@H](CCCNC(=O)NCc2ccc(NC(=O)[C@H](CCCNC(=O)NCc3ccc(N)cc3)NC(=O)[C@@H](NC(=O)CCCCCN3C(=O)C=CC3=O)C(C)C)cc2)NC(=O)[C@@H](NC(=O)CCCCCN2C(=O)C=CC2=O)C(C)C)cc1)C(C)C. The van der Waals surface area contributed by atoms with Crippen molar-refractivity contribution in [1.82, 2.24) is 77.7 Å². The van der Waals surface area contributed by atoms with E-state index in [2.05, 4.69) is 70.7 Å². The first-order valence-electron chi connectivity index (χ1n) is 49.7. The summed E-state index contributed by atoms with van der Waals surface area (Å²) in [5.74, 6) is -9.00. The maximum absolute atomic E-state index is 15.0. The second kappa shape index (κ2) is 58.3. The number of anilines is 3. The fraction of sp³-hybridized carbons (Fsp3) is 0.567. The van der Waals surface area contributed by atoms with Gasteiger partial charge in [0.15, 0.2) is 0 Å². The average molecular weight is 1970 g/mol. The lowest BCUT2D eigenvalue weighted by molar-refractivity contribution is -0.148. The average Bonchev–Trinajstić information content (AvgIpc) is 1.11. The molecule has 3 aliphatic heterocycles. The topological polar surface area (TPSA) is 504 Å². The third-order valence-electron chi connectivity index (χ3n) is 26.3. The number of likely N-dealkylation sites (N-methyl/N-ethyl adjacent to an activating group) is 2. The molecule has 0 bridgehead atoms. The number of carbonyl (C=O) groups is 17. The van der Waals surface area contributed by atoms with Crippen molar-refractivity contribution in [1.29, 1.82) is 0 Å². The Morgan fingerprint density at radius 1 is 0.472 bits per heavy atom. The van der Waals surface area contributed by atoms with Gasteiger partial charge in [-0.05, 0) is 159 Å². The van der Waals surface area contributed by atoms with E-state index >= 15 is 4.79 Å². The van der Waals surface area contributed by atoms with Crippen molar-refractivity contribution >= 4 is 118 Å². The molecule has 1 fully saturated rings. The first kappa shape index (κ1) is 116. The van der Waals surface area contributed by atoms with Crippen LogP contribution in [0, 0.1) is 35.5 Å². The van der Waals surface area contributed by atoms with E-state index in [9.17, 15) is 76.7 Å². The molecule has 0 aliphatic carbocycles. The fourth-order valence-corrected chi connectivity index (χ4v) is 17.5. The molecule has 19 amide bonds. The standard InChI is InChI=1S/C104H152N18O20/c1-18-67(10)93(81(140-16)59-88(129)120-58-30-35-80(120)94(141-17)69(12)95(130)110-70(13)68(11)74-31-22-19-23-32-74)118(14)101(136)91(65(6)7)117-100(135)92(66(8)9)119(15)104(139)142-62-73-42-48-77(49-43-73)112-97(132)79(114-99(134)90(64(4)5)116-83(124)37-25-21-27-57-122-86(127)52-53-87(122)128)34-29-55-107-103(138)109-61-72-40-46-76(47-41-72)111-96(131)78(33-28-54-106-102(137)108-60-71-38-44-75(105)45-39-71)113-98(133)89(63(2)3)115-82(123)36-24-20-26-56-121-84(125)50-51-85(121)126/h19,22-23,31-32,38-53,63-70,78-81,89-94H,18,20-21,24-30,33-37,54-62,105H2,1-17H3,(H,110,130)(H,111,131)(H,112,132)(H,113,133)(H,114,134)(H,115,123)(H,116,124)(H,117,135)(H2,106,108,137)(H2,107,109,138)/t67-,68+,69+,70+,78-,79-,80-,81+,89-,90-,91-,92-,93-,94+/m0/s1. The van der Waals surface area contributed by atoms with Crippen molar-refractivity contribution in [3.8, 4) is 0 Å². The molecular formula is C104H152N18O20. The van der Waals surface area contributed by atoms with Gasteiger partial charge in [0.1, 0.15) is 42.9 Å². The molecule has 0 aromatic heterocycles. The van der Waals surface area contributed by atoms with E-state index < -0.39 is 167 Å². The van der Waals surface area contributed by atoms with Crippen LogP contribution >= 0.6 is 0 Å². The second-order valence-electron chi connectivity index (χ2n) is 38.4. The van der Waals surface area contributed by atoms with Gasteiger partial charge in [0.2, 0.25) is 59.1 Å². The predicted octanol–water partition coefficient (Wildman–Crippen LogP) is 8.89. The molecule has 38 heteroatoms. The van der Waals surface area contributed by atoms with E-state index in [4.69, 9.17) is 19.9 Å². The third kappa shape index (κ3) is 36.1. The highest BCUT2D eigenvalue weighted by atomic mass is 16.6. The number of hydrogen-bond donors (Lipinski definition) is 13. The molecule has 7 rings (SSSR count). The van der Waals surface area contributed by atoms with Gasteiger partial charge in [-0.1, -0.05) is 169 Å². The molecular weight excluding hydrogens is 1820 g/mol. The zero-order chi connectivity index (χ0) is 105. The zero-order valence-corrected chi connectivity index (χ0v) is 85.5. The summed E-state index contributed by atoms with van der Waals surface area (Å²) in [6.07, 6.45) is 7.69. The van der Waals surface area contributed by atoms with Crippen LogP contribution in [-0.4, -0.2) is 253 Å². The number of likely N-dealkylation sites (tertiary alicyclic amines) is 1. The monoisotopic (exact) mass is 1970 g/mol. The lowest BCUT2D eigenvalue weighted by Gasteiger charge is -2.41. The molecule has 38 nitrogen and oxygen atoms in total. The molecule has 0 radical (unpaired) electrons. The molecule has 0 saturated carbocycles. The van der Waals surface area contributed by atoms with Crippen molar-refractivity contribution < 1.29 is 95.7 Å². The number of hydrogen-bond acceptors (Lipinski definition) is 21. The van der Waals surface area contributed by atoms with Gasteiger partial charge in [-0.15, -0.1) is 0 Å². The van der Waals surface area contributed by atoms with Gasteiger partial charge in [-0.2, -0.15) is 0 Å². The van der Waals surface area contributed by atoms with Crippen LogP contribution in [0.25, 0.3) is 0 Å². The molecule has 1 saturated heterocycles. The van der Waals surface area contributed by atoms with Crippen LogP contribution in [0.2, 0.25) is 0 Å². The molecule has 3 heterocycles. The van der Waals surface area contributed by atoms with Gasteiger partial charge in [0.05, 0.1) is 36.6 Å². The number of nitrogen functional groups attached to an aromatic ring is 1. The van der Waals surface area contributed by atoms with Crippen molar-refractivity contribution in [3.63, 3.8) is 0 Å². The van der Waals surface area contributed by atoms with Crippen LogP contribution in [-0.2, 0) is 101 Å². The van der Waals surface area contributed by atoms with Crippen LogP contribution in [0.1, 0.15) is 221 Å². The van der Waals surface area contributed by atoms with Crippen molar-refractivity contribution in [2.75, 3.05) is 77.4 Å². The minimum absolute atomic E-state index is 0.0143. The number of nitrogens with one attached hydrogen (secondary N) is 12. The van der Waals surface area contributed by atoms with Gasteiger partial charge in [0, 0.05) is 140 Å². The van der Waals surface area contributed by atoms with Crippen LogP contribution in [0.3, 0.4) is 0 Å². The summed E-state index contributed by atoms with van der Waals surface area (Å²) in [6.45, 7) is 24.8. The van der Waals surface area contributed by atoms with Crippen LogP contribution in [0.15, 0.2) is 127 Å². The number of urea groups is 2. The summed E-state index contributed by atoms with van der Waals surface area (Å²) in [7, 11) is 6.12. The first-order valence-corrected chi connectivity index (χ1v) is 49.7. The first-order chi connectivity index (χ1) is 67.6. The Kier molecular flexibility index (Phi) is 47.6. The highest BCUT2D eigenvalue weighted by molar-refractivity contribution is 6.13. The van der Waals surface area contributed by atoms with Gasteiger partial charge >= 0.3 is 18.2 Å².